The SMILES string of the molecule is Cl.Cl.[CH3][Zr]([CH3])([CH3])([CH3])([CH3])([O]c1ccccc1)[C]1=CC=CC1. The average Bonchev–Trinajstić information content (AvgIpc) is 2.69. The quantitative estimate of drug-likeness (QED) is 0.553. The van der Waals surface area contributed by atoms with E-state index in [9.17, 15) is 0 Å². The molecule has 2 rings (SSSR count). The Bertz CT molecular complexity index is 558. The van der Waals surface area contributed by atoms with Crippen LogP contribution in [0.1, 0.15) is 6.42 Å². The second-order valence-electron chi connectivity index (χ2n) is 10.1. The van der Waals surface area contributed by atoms with E-state index < -0.39 is 16.3 Å². The molecule has 0 radical (unpaired) electrons. The second kappa shape index (κ2) is 4.48. The van der Waals surface area contributed by atoms with E-state index in [1.807, 2.05) is 18.2 Å². The maximum absolute atomic E-state index is 6.73. The molecule has 1 nitrogen and oxygen atoms in total. The molecule has 0 saturated heterocycles. The van der Waals surface area contributed by atoms with Gasteiger partial charge in [0, 0.05) is 0 Å². The Balaban J connectivity index is 0.00000180. The van der Waals surface area contributed by atoms with Crippen LogP contribution >= 0.6 is 24.8 Å². The predicted octanol–water partition coefficient (Wildman–Crippen LogP) is 6.67. The van der Waals surface area contributed by atoms with Gasteiger partial charge in [-0.1, -0.05) is 0 Å². The molecule has 0 fully saturated rings. The van der Waals surface area contributed by atoms with Gasteiger partial charge in [0.2, 0.25) is 0 Å². The second-order valence-corrected chi connectivity index (χ2v) is 48.4. The molecule has 0 N–H and O–H groups in total. The minimum atomic E-state index is -4.28. The van der Waals surface area contributed by atoms with Crippen molar-refractivity contribution in [2.24, 2.45) is 0 Å². The van der Waals surface area contributed by atoms with Gasteiger partial charge in [-0.2, -0.15) is 0 Å². The normalized spacial score (nSPS) is 19.2. The summed E-state index contributed by atoms with van der Waals surface area (Å²) in [6.07, 6.45) is 7.65. The standard InChI is InChI=1S/C6H6O.C5H5.5CH3.2ClH.Zr/c7-6-4-2-1-3-5-6;1-2-4-5-3-1;;;;;;;;/h1-5,7H;1-3H,4H2;5*1H3;2*1H;/q;;;;;;;;;+1/p-1. The molecule has 1 aromatic rings. The molecule has 0 aromatic heterocycles. The van der Waals surface area contributed by atoms with E-state index in [0.29, 0.717) is 0 Å². The fourth-order valence-corrected chi connectivity index (χ4v) is 12.0. The molecular weight excluding hydrogens is 370 g/mol. The zero-order valence-electron chi connectivity index (χ0n) is 13.1. The third kappa shape index (κ3) is 4.23. The summed E-state index contributed by atoms with van der Waals surface area (Å²) in [6.45, 7) is 0. The Morgan fingerprint density at radius 3 is 1.90 bits per heavy atom. The van der Waals surface area contributed by atoms with Crippen molar-refractivity contribution >= 4 is 24.8 Å². The zero-order chi connectivity index (χ0) is 13.6. The van der Waals surface area contributed by atoms with Gasteiger partial charge in [0.15, 0.2) is 0 Å². The third-order valence-corrected chi connectivity index (χ3v) is 16.7. The average molecular weight is 398 g/mol. The van der Waals surface area contributed by atoms with Gasteiger partial charge in [-0.15, -0.1) is 24.8 Å². The molecule has 0 spiro atoms. The molecule has 1 aromatic carbocycles. The van der Waals surface area contributed by atoms with E-state index in [1.165, 1.54) is 3.28 Å². The predicted molar refractivity (Wildman–Crippen MR) is 92.7 cm³/mol. The molecule has 1 aliphatic rings. The van der Waals surface area contributed by atoms with Gasteiger partial charge in [0.25, 0.3) is 0 Å². The molecule has 1 aliphatic carbocycles. The van der Waals surface area contributed by atoms with Gasteiger partial charge in [-0.25, -0.2) is 0 Å². The molecule has 0 bridgehead atoms. The van der Waals surface area contributed by atoms with E-state index in [1.54, 1.807) is 0 Å². The number of hydrogen-bond donors (Lipinski definition) is 0. The van der Waals surface area contributed by atoms with Crippen LogP contribution in [0.25, 0.3) is 0 Å². The summed E-state index contributed by atoms with van der Waals surface area (Å²) in [6, 6.07) is 10.2. The van der Waals surface area contributed by atoms with Gasteiger partial charge in [-0.05, 0) is 0 Å². The van der Waals surface area contributed by atoms with Crippen LogP contribution < -0.4 is 2.81 Å². The van der Waals surface area contributed by atoms with Crippen molar-refractivity contribution < 1.29 is 19.1 Å². The summed E-state index contributed by atoms with van der Waals surface area (Å²) >= 11 is -4.28. The number of rotatable bonds is 3. The van der Waals surface area contributed by atoms with Crippen LogP contribution in [0.3, 0.4) is 0 Å². The fourth-order valence-electron chi connectivity index (χ4n) is 2.65. The van der Waals surface area contributed by atoms with Crippen LogP contribution in [0.4, 0.5) is 0 Å². The Morgan fingerprint density at radius 2 is 1.45 bits per heavy atom. The summed E-state index contributed by atoms with van der Waals surface area (Å²) < 4.78 is 20.0. The number of halogens is 2. The molecule has 0 unspecified atom stereocenters. The van der Waals surface area contributed by atoms with E-state index in [2.05, 4.69) is 53.5 Å². The molecule has 0 amide bonds. The topological polar surface area (TPSA) is 9.23 Å². The molecule has 0 heterocycles. The van der Waals surface area contributed by atoms with Crippen LogP contribution in [-0.4, -0.2) is 0 Å². The Morgan fingerprint density at radius 1 is 0.900 bits per heavy atom. The zero-order valence-corrected chi connectivity index (χ0v) is 17.1. The van der Waals surface area contributed by atoms with Crippen LogP contribution in [0.2, 0.25) is 23.2 Å². The number of allylic oxidation sites excluding steroid dienone is 4. The van der Waals surface area contributed by atoms with E-state index in [4.69, 9.17) is 2.81 Å². The van der Waals surface area contributed by atoms with E-state index in [0.717, 1.165) is 12.2 Å². The van der Waals surface area contributed by atoms with Crippen LogP contribution in [-0.2, 0) is 16.3 Å². The van der Waals surface area contributed by atoms with E-state index >= 15 is 0 Å². The van der Waals surface area contributed by atoms with Crippen molar-refractivity contribution in [3.8, 4) is 5.75 Å². The van der Waals surface area contributed by atoms with Crippen molar-refractivity contribution in [1.82, 2.24) is 0 Å². The summed E-state index contributed by atoms with van der Waals surface area (Å²) in [4.78, 5) is 0. The first-order valence-corrected chi connectivity index (χ1v) is 21.3. The maximum atomic E-state index is 6.73. The number of benzene rings is 1. The van der Waals surface area contributed by atoms with Crippen molar-refractivity contribution in [2.75, 3.05) is 0 Å². The van der Waals surface area contributed by atoms with Crippen LogP contribution in [0, 0.1) is 0 Å². The monoisotopic (exact) mass is 395 g/mol. The van der Waals surface area contributed by atoms with Crippen molar-refractivity contribution in [1.29, 1.82) is 0 Å². The first kappa shape index (κ1) is 20.0. The van der Waals surface area contributed by atoms with Crippen molar-refractivity contribution in [3.05, 3.63) is 51.8 Å². The molecule has 0 atom stereocenters. The molecule has 20 heavy (non-hydrogen) atoms. The van der Waals surface area contributed by atoms with Crippen molar-refractivity contribution in [3.63, 3.8) is 0 Å². The van der Waals surface area contributed by atoms with Gasteiger partial charge in [0.05, 0.1) is 0 Å². The summed E-state index contributed by atoms with van der Waals surface area (Å²) in [5, 5.41) is 0. The first-order chi connectivity index (χ1) is 7.92. The Kier molecular flexibility index (Phi) is 4.47. The molecule has 0 aliphatic heterocycles. The number of para-hydroxylation sites is 1. The summed E-state index contributed by atoms with van der Waals surface area (Å²) in [7, 11) is 0. The van der Waals surface area contributed by atoms with Crippen molar-refractivity contribution in [2.45, 2.75) is 29.6 Å². The summed E-state index contributed by atoms with van der Waals surface area (Å²) in [5.74, 6) is 0.977. The van der Waals surface area contributed by atoms with E-state index in [-0.39, 0.29) is 24.8 Å². The minimum absolute atomic E-state index is 0. The molecule has 4 heteroatoms. The third-order valence-electron chi connectivity index (χ3n) is 3.93. The van der Waals surface area contributed by atoms with Gasteiger partial charge < -0.3 is 0 Å². The summed E-state index contributed by atoms with van der Waals surface area (Å²) in [5.41, 5.74) is 0. The molecular formula is C16H27Cl2OZr. The molecule has 0 saturated carbocycles. The van der Waals surface area contributed by atoms with Crippen LogP contribution in [0.15, 0.2) is 51.8 Å². The Labute approximate surface area is 130 Å². The van der Waals surface area contributed by atoms with Crippen LogP contribution in [0.5, 0.6) is 5.75 Å². The fraction of sp³-hybridized carbons (Fsp3) is 0.375. The van der Waals surface area contributed by atoms with Gasteiger partial charge in [-0.3, -0.25) is 0 Å². The molecule has 115 valence electrons. The first-order valence-electron chi connectivity index (χ1n) is 6.79. The van der Waals surface area contributed by atoms with Gasteiger partial charge >= 0.3 is 106 Å². The van der Waals surface area contributed by atoms with Gasteiger partial charge in [0.1, 0.15) is 0 Å². The number of hydrogen-bond acceptors (Lipinski definition) is 1. The Hall–Kier alpha value is -0.0369.